The van der Waals surface area contributed by atoms with Crippen LogP contribution in [0.15, 0.2) is 42.5 Å². The minimum absolute atomic E-state index is 0.0373. The largest absolute Gasteiger partial charge is 0.482 e. The van der Waals surface area contributed by atoms with Crippen molar-refractivity contribution in [3.63, 3.8) is 0 Å². The van der Waals surface area contributed by atoms with Gasteiger partial charge in [0.1, 0.15) is 10.8 Å². The zero-order chi connectivity index (χ0) is 17.8. The van der Waals surface area contributed by atoms with Crippen molar-refractivity contribution in [1.82, 2.24) is 4.90 Å². The van der Waals surface area contributed by atoms with E-state index < -0.39 is 0 Å². The minimum atomic E-state index is -0.0412. The maximum Gasteiger partial charge on any atom is 0.260 e. The molecule has 0 aromatic heterocycles. The molecule has 1 amide bonds. The lowest BCUT2D eigenvalue weighted by Gasteiger charge is -2.36. The van der Waals surface area contributed by atoms with Crippen molar-refractivity contribution in [2.45, 2.75) is 6.92 Å². The van der Waals surface area contributed by atoms with E-state index >= 15 is 0 Å². The van der Waals surface area contributed by atoms with Crippen LogP contribution in [-0.4, -0.2) is 43.6 Å². The number of aryl methyl sites for hydroxylation is 1. The zero-order valence-electron chi connectivity index (χ0n) is 14.0. The highest BCUT2D eigenvalue weighted by Gasteiger charge is 2.22. The summed E-state index contributed by atoms with van der Waals surface area (Å²) in [6, 6.07) is 13.4. The number of rotatable bonds is 4. The Hall–Kier alpha value is -1.91. The highest BCUT2D eigenvalue weighted by atomic mass is 35.5. The first-order valence-corrected chi connectivity index (χ1v) is 8.97. The Labute approximate surface area is 157 Å². The van der Waals surface area contributed by atoms with Crippen molar-refractivity contribution in [3.05, 3.63) is 58.1 Å². The fourth-order valence-electron chi connectivity index (χ4n) is 2.94. The third-order valence-electron chi connectivity index (χ3n) is 4.36. The van der Waals surface area contributed by atoms with E-state index in [-0.39, 0.29) is 12.5 Å². The summed E-state index contributed by atoms with van der Waals surface area (Å²) >= 11 is 12.0. The molecule has 0 N–H and O–H groups in total. The van der Waals surface area contributed by atoms with E-state index in [1.165, 1.54) is 11.3 Å². The molecule has 1 aliphatic rings. The number of hydrogen-bond donors (Lipinski definition) is 0. The maximum absolute atomic E-state index is 12.4. The van der Waals surface area contributed by atoms with Crippen LogP contribution in [-0.2, 0) is 4.79 Å². The van der Waals surface area contributed by atoms with E-state index in [4.69, 9.17) is 27.9 Å². The summed E-state index contributed by atoms with van der Waals surface area (Å²) in [6.07, 6.45) is 0. The van der Waals surface area contributed by atoms with Gasteiger partial charge in [0.05, 0.1) is 5.02 Å². The number of halogens is 2. The lowest BCUT2D eigenvalue weighted by Crippen LogP contribution is -2.50. The average Bonchev–Trinajstić information content (AvgIpc) is 2.63. The van der Waals surface area contributed by atoms with Crippen LogP contribution in [0.25, 0.3) is 0 Å². The standard InChI is InChI=1S/C19H20Cl2N2O2/c1-14-5-2-3-7-16(14)22-9-11-23(12-10-22)18(24)13-25-17-8-4-6-15(20)19(17)21/h2-8H,9-13H2,1H3. The van der Waals surface area contributed by atoms with Gasteiger partial charge >= 0.3 is 0 Å². The second-order valence-electron chi connectivity index (χ2n) is 5.99. The van der Waals surface area contributed by atoms with E-state index in [2.05, 4.69) is 24.0 Å². The molecule has 0 unspecified atom stereocenters. The normalized spacial score (nSPS) is 14.5. The highest BCUT2D eigenvalue weighted by molar-refractivity contribution is 6.42. The predicted molar refractivity (Wildman–Crippen MR) is 102 cm³/mol. The number of ether oxygens (including phenoxy) is 1. The third-order valence-corrected chi connectivity index (χ3v) is 5.16. The zero-order valence-corrected chi connectivity index (χ0v) is 15.6. The molecule has 0 saturated carbocycles. The summed E-state index contributed by atoms with van der Waals surface area (Å²) in [6.45, 7) is 5.06. The Morgan fingerprint density at radius 3 is 2.48 bits per heavy atom. The molecule has 0 atom stereocenters. The molecule has 3 rings (SSSR count). The first-order valence-electron chi connectivity index (χ1n) is 8.21. The predicted octanol–water partition coefficient (Wildman–Crippen LogP) is 4.03. The number of hydrogen-bond acceptors (Lipinski definition) is 3. The smallest absolute Gasteiger partial charge is 0.260 e. The van der Waals surface area contributed by atoms with E-state index in [9.17, 15) is 4.79 Å². The molecule has 2 aromatic rings. The van der Waals surface area contributed by atoms with Crippen LogP contribution in [0.1, 0.15) is 5.56 Å². The monoisotopic (exact) mass is 378 g/mol. The second kappa shape index (κ2) is 7.98. The summed E-state index contributed by atoms with van der Waals surface area (Å²) in [7, 11) is 0. The molecule has 0 bridgehead atoms. The van der Waals surface area contributed by atoms with Crippen LogP contribution in [0.4, 0.5) is 5.69 Å². The van der Waals surface area contributed by atoms with Gasteiger partial charge in [-0.3, -0.25) is 4.79 Å². The van der Waals surface area contributed by atoms with Gasteiger partial charge in [-0.05, 0) is 30.7 Å². The van der Waals surface area contributed by atoms with Crippen LogP contribution in [0, 0.1) is 6.92 Å². The number of carbonyl (C=O) groups excluding carboxylic acids is 1. The summed E-state index contributed by atoms with van der Waals surface area (Å²) in [5.74, 6) is 0.390. The van der Waals surface area contributed by atoms with Crippen LogP contribution in [0.2, 0.25) is 10.0 Å². The molecular formula is C19H20Cl2N2O2. The number of piperazine rings is 1. The molecule has 0 radical (unpaired) electrons. The second-order valence-corrected chi connectivity index (χ2v) is 6.78. The Bertz CT molecular complexity index is 759. The summed E-state index contributed by atoms with van der Waals surface area (Å²) in [5.41, 5.74) is 2.48. The number of benzene rings is 2. The van der Waals surface area contributed by atoms with Crippen LogP contribution in [0.5, 0.6) is 5.75 Å². The van der Waals surface area contributed by atoms with Crippen LogP contribution in [0.3, 0.4) is 0 Å². The molecule has 1 aliphatic heterocycles. The number of anilines is 1. The number of amides is 1. The average molecular weight is 379 g/mol. The molecule has 0 spiro atoms. The third kappa shape index (κ3) is 4.20. The molecule has 1 heterocycles. The van der Waals surface area contributed by atoms with Gasteiger partial charge in [-0.1, -0.05) is 47.5 Å². The quantitative estimate of drug-likeness (QED) is 0.804. The molecule has 0 aliphatic carbocycles. The Morgan fingerprint density at radius 1 is 1.04 bits per heavy atom. The van der Waals surface area contributed by atoms with Crippen molar-refractivity contribution in [2.24, 2.45) is 0 Å². The lowest BCUT2D eigenvalue weighted by molar-refractivity contribution is -0.133. The van der Waals surface area contributed by atoms with Gasteiger partial charge in [0, 0.05) is 31.9 Å². The number of nitrogens with zero attached hydrogens (tertiary/aromatic N) is 2. The SMILES string of the molecule is Cc1ccccc1N1CCN(C(=O)COc2cccc(Cl)c2Cl)CC1. The fourth-order valence-corrected chi connectivity index (χ4v) is 3.29. The Kier molecular flexibility index (Phi) is 5.71. The van der Waals surface area contributed by atoms with Crippen molar-refractivity contribution in [3.8, 4) is 5.75 Å². The van der Waals surface area contributed by atoms with E-state index in [1.807, 2.05) is 17.0 Å². The van der Waals surface area contributed by atoms with Gasteiger partial charge in [-0.25, -0.2) is 0 Å². The number of carbonyl (C=O) groups is 1. The van der Waals surface area contributed by atoms with Gasteiger partial charge in [-0.2, -0.15) is 0 Å². The molecule has 132 valence electrons. The lowest BCUT2D eigenvalue weighted by atomic mass is 10.1. The van der Waals surface area contributed by atoms with Gasteiger partial charge in [0.15, 0.2) is 6.61 Å². The van der Waals surface area contributed by atoms with Crippen molar-refractivity contribution >= 4 is 34.8 Å². The van der Waals surface area contributed by atoms with Gasteiger partial charge in [0.2, 0.25) is 0 Å². The summed E-state index contributed by atoms with van der Waals surface area (Å²) in [5, 5.41) is 0.750. The maximum atomic E-state index is 12.4. The van der Waals surface area contributed by atoms with Crippen molar-refractivity contribution < 1.29 is 9.53 Å². The molecule has 1 saturated heterocycles. The minimum Gasteiger partial charge on any atom is -0.482 e. The number of para-hydroxylation sites is 1. The Morgan fingerprint density at radius 2 is 1.76 bits per heavy atom. The molecule has 6 heteroatoms. The fraction of sp³-hybridized carbons (Fsp3) is 0.316. The van der Waals surface area contributed by atoms with Gasteiger partial charge < -0.3 is 14.5 Å². The Balaban J connectivity index is 1.53. The molecular weight excluding hydrogens is 359 g/mol. The molecule has 4 nitrogen and oxygen atoms in total. The van der Waals surface area contributed by atoms with E-state index in [1.54, 1.807) is 18.2 Å². The van der Waals surface area contributed by atoms with Gasteiger partial charge in [0.25, 0.3) is 5.91 Å². The molecule has 1 fully saturated rings. The summed E-state index contributed by atoms with van der Waals surface area (Å²) < 4.78 is 5.54. The summed E-state index contributed by atoms with van der Waals surface area (Å²) in [4.78, 5) is 16.5. The topological polar surface area (TPSA) is 32.8 Å². The molecule has 25 heavy (non-hydrogen) atoms. The van der Waals surface area contributed by atoms with E-state index in [0.29, 0.717) is 28.9 Å². The van der Waals surface area contributed by atoms with Crippen molar-refractivity contribution in [1.29, 1.82) is 0 Å². The first kappa shape index (κ1) is 17.9. The molecule has 2 aromatic carbocycles. The van der Waals surface area contributed by atoms with E-state index in [0.717, 1.165) is 13.1 Å². The van der Waals surface area contributed by atoms with Gasteiger partial charge in [-0.15, -0.1) is 0 Å². The van der Waals surface area contributed by atoms with Crippen LogP contribution >= 0.6 is 23.2 Å². The van der Waals surface area contributed by atoms with Crippen molar-refractivity contribution in [2.75, 3.05) is 37.7 Å². The first-order chi connectivity index (χ1) is 12.1. The highest BCUT2D eigenvalue weighted by Crippen LogP contribution is 2.31. The van der Waals surface area contributed by atoms with Crippen LogP contribution < -0.4 is 9.64 Å².